The number of carboxylic acid groups (broad SMARTS) is 1. The first-order valence-corrected chi connectivity index (χ1v) is 11.0. The van der Waals surface area contributed by atoms with Gasteiger partial charge in [-0.25, -0.2) is 14.6 Å². The molecule has 1 atom stereocenters. The summed E-state index contributed by atoms with van der Waals surface area (Å²) in [5.41, 5.74) is 1.61. The Balaban J connectivity index is 1.47. The van der Waals surface area contributed by atoms with Crippen molar-refractivity contribution >= 4 is 40.8 Å². The Morgan fingerprint density at radius 1 is 1.22 bits per heavy atom. The summed E-state index contributed by atoms with van der Waals surface area (Å²) in [6.07, 6.45) is 4.27. The highest BCUT2D eigenvalue weighted by Gasteiger charge is 2.49. The summed E-state index contributed by atoms with van der Waals surface area (Å²) < 4.78 is 0. The molecular weight excluding hydrogens is 382 g/mol. The third-order valence-corrected chi connectivity index (χ3v) is 7.23. The maximum Gasteiger partial charge on any atom is 0.326 e. The second-order valence-electron chi connectivity index (χ2n) is 7.14. The van der Waals surface area contributed by atoms with Gasteiger partial charge in [0.25, 0.3) is 0 Å². The highest BCUT2D eigenvalue weighted by Crippen LogP contribution is 2.45. The largest absolute Gasteiger partial charge is 0.480 e. The van der Waals surface area contributed by atoms with Gasteiger partial charge in [0.15, 0.2) is 0 Å². The van der Waals surface area contributed by atoms with E-state index in [1.54, 1.807) is 17.5 Å². The lowest BCUT2D eigenvalue weighted by Crippen LogP contribution is -2.43. The zero-order valence-electron chi connectivity index (χ0n) is 14.8. The van der Waals surface area contributed by atoms with Crippen molar-refractivity contribution in [3.63, 3.8) is 0 Å². The molecule has 1 aromatic heterocycles. The van der Waals surface area contributed by atoms with Crippen LogP contribution in [0.2, 0.25) is 0 Å². The summed E-state index contributed by atoms with van der Waals surface area (Å²) >= 11 is 3.47. The normalized spacial score (nSPS) is 21.3. The average molecular weight is 404 g/mol. The predicted octanol–water partition coefficient (Wildman–Crippen LogP) is 4.01. The average Bonchev–Trinajstić information content (AvgIpc) is 3.32. The van der Waals surface area contributed by atoms with Crippen LogP contribution in [0, 0.1) is 5.41 Å². The van der Waals surface area contributed by atoms with Gasteiger partial charge in [0, 0.05) is 29.4 Å². The molecule has 1 unspecified atom stereocenters. The number of hydrogen-bond donors (Lipinski definition) is 2. The number of carbonyl (C=O) groups excluding carboxylic acids is 1. The van der Waals surface area contributed by atoms with Crippen LogP contribution in [-0.2, 0) is 4.79 Å². The second-order valence-corrected chi connectivity index (χ2v) is 9.26. The molecule has 2 aliphatic rings. The van der Waals surface area contributed by atoms with E-state index in [-0.39, 0.29) is 11.4 Å². The molecule has 1 aromatic carbocycles. The summed E-state index contributed by atoms with van der Waals surface area (Å²) in [6.45, 7) is 0.521. The number of carbonyl (C=O) groups is 2. The molecule has 0 radical (unpaired) electrons. The van der Waals surface area contributed by atoms with Gasteiger partial charge in [-0.2, -0.15) is 11.8 Å². The van der Waals surface area contributed by atoms with Gasteiger partial charge in [-0.15, -0.1) is 11.3 Å². The van der Waals surface area contributed by atoms with Crippen molar-refractivity contribution in [1.29, 1.82) is 0 Å². The van der Waals surface area contributed by atoms with Crippen molar-refractivity contribution in [3.8, 4) is 10.6 Å². The third-order valence-electron chi connectivity index (χ3n) is 5.42. The van der Waals surface area contributed by atoms with Gasteiger partial charge in [0.2, 0.25) is 0 Å². The zero-order valence-corrected chi connectivity index (χ0v) is 16.4. The number of benzene rings is 1. The molecule has 2 aliphatic heterocycles. The summed E-state index contributed by atoms with van der Waals surface area (Å²) in [5, 5.41) is 15.3. The number of urea groups is 1. The smallest absolute Gasteiger partial charge is 0.326 e. The number of rotatable bonds is 3. The maximum atomic E-state index is 12.8. The minimum Gasteiger partial charge on any atom is -0.480 e. The van der Waals surface area contributed by atoms with Crippen molar-refractivity contribution in [2.45, 2.75) is 25.3 Å². The number of aromatic nitrogens is 1. The standard InChI is InChI=1S/C19H21N3O3S2/c23-17(24)15-11-19(5-8-26-9-6-19)12-22(15)18(25)21-14-3-1-13(2-4-14)16-20-7-10-27-16/h1-4,7,10,15H,5-6,8-9,11-12H2,(H,21,25)(H,23,24). The topological polar surface area (TPSA) is 82.5 Å². The van der Waals surface area contributed by atoms with Crippen LogP contribution in [0.5, 0.6) is 0 Å². The summed E-state index contributed by atoms with van der Waals surface area (Å²) in [7, 11) is 0. The molecule has 0 saturated carbocycles. The van der Waals surface area contributed by atoms with Crippen molar-refractivity contribution in [2.24, 2.45) is 5.41 Å². The molecule has 2 saturated heterocycles. The molecule has 2 fully saturated rings. The lowest BCUT2D eigenvalue weighted by atomic mass is 9.80. The first-order chi connectivity index (χ1) is 13.1. The van der Waals surface area contributed by atoms with Gasteiger partial charge in [-0.05, 0) is 60.4 Å². The summed E-state index contributed by atoms with van der Waals surface area (Å²) in [5.74, 6) is 1.17. The minimum absolute atomic E-state index is 0.0413. The number of nitrogens with zero attached hydrogens (tertiary/aromatic N) is 2. The number of nitrogens with one attached hydrogen (secondary N) is 1. The predicted molar refractivity (Wildman–Crippen MR) is 108 cm³/mol. The van der Waals surface area contributed by atoms with E-state index in [0.717, 1.165) is 34.9 Å². The van der Waals surface area contributed by atoms with E-state index in [1.165, 1.54) is 4.90 Å². The van der Waals surface area contributed by atoms with Crippen molar-refractivity contribution in [3.05, 3.63) is 35.8 Å². The Morgan fingerprint density at radius 2 is 1.96 bits per heavy atom. The molecular formula is C19H21N3O3S2. The monoisotopic (exact) mass is 403 g/mol. The summed E-state index contributed by atoms with van der Waals surface area (Å²) in [4.78, 5) is 30.3. The first-order valence-electron chi connectivity index (χ1n) is 8.94. The molecule has 3 heterocycles. The molecule has 4 rings (SSSR count). The van der Waals surface area contributed by atoms with E-state index in [0.29, 0.717) is 18.7 Å². The Kier molecular flexibility index (Phi) is 5.10. The number of thioether (sulfide) groups is 1. The number of aliphatic carboxylic acids is 1. The molecule has 8 heteroatoms. The van der Waals surface area contributed by atoms with Crippen molar-refractivity contribution < 1.29 is 14.7 Å². The minimum atomic E-state index is -0.917. The zero-order chi connectivity index (χ0) is 18.9. The molecule has 2 N–H and O–H groups in total. The molecule has 1 spiro atoms. The van der Waals surface area contributed by atoms with Crippen LogP contribution >= 0.6 is 23.1 Å². The Bertz CT molecular complexity index is 817. The molecule has 2 aromatic rings. The van der Waals surface area contributed by atoms with E-state index in [4.69, 9.17) is 0 Å². The number of hydrogen-bond acceptors (Lipinski definition) is 5. The third kappa shape index (κ3) is 3.82. The summed E-state index contributed by atoms with van der Waals surface area (Å²) in [6, 6.07) is 6.39. The number of thiazole rings is 1. The van der Waals surface area contributed by atoms with E-state index in [2.05, 4.69) is 10.3 Å². The Morgan fingerprint density at radius 3 is 2.59 bits per heavy atom. The molecule has 2 amide bonds. The Labute approximate surface area is 166 Å². The van der Waals surface area contributed by atoms with Crippen LogP contribution in [-0.4, -0.2) is 51.1 Å². The van der Waals surface area contributed by atoms with Gasteiger partial charge in [-0.1, -0.05) is 0 Å². The first kappa shape index (κ1) is 18.3. The maximum absolute atomic E-state index is 12.8. The van der Waals surface area contributed by atoms with E-state index in [1.807, 2.05) is 41.4 Å². The lowest BCUT2D eigenvalue weighted by molar-refractivity contribution is -0.141. The highest BCUT2D eigenvalue weighted by molar-refractivity contribution is 7.99. The molecule has 142 valence electrons. The lowest BCUT2D eigenvalue weighted by Gasteiger charge is -2.32. The van der Waals surface area contributed by atoms with Crippen molar-refractivity contribution in [2.75, 3.05) is 23.4 Å². The van der Waals surface area contributed by atoms with E-state index < -0.39 is 12.0 Å². The van der Waals surface area contributed by atoms with Crippen LogP contribution in [0.3, 0.4) is 0 Å². The number of carboxylic acids is 1. The fourth-order valence-electron chi connectivity index (χ4n) is 3.91. The van der Waals surface area contributed by atoms with E-state index in [9.17, 15) is 14.7 Å². The molecule has 0 aliphatic carbocycles. The Hall–Kier alpha value is -2.06. The van der Waals surface area contributed by atoms with E-state index >= 15 is 0 Å². The van der Waals surface area contributed by atoms with Crippen LogP contribution in [0.15, 0.2) is 35.8 Å². The highest BCUT2D eigenvalue weighted by atomic mass is 32.2. The van der Waals surface area contributed by atoms with Crippen molar-refractivity contribution in [1.82, 2.24) is 9.88 Å². The SMILES string of the molecule is O=C(O)C1CC2(CCSCC2)CN1C(=O)Nc1ccc(-c2nccs2)cc1. The molecule has 27 heavy (non-hydrogen) atoms. The van der Waals surface area contributed by atoms with Crippen LogP contribution in [0.4, 0.5) is 10.5 Å². The fourth-order valence-corrected chi connectivity index (χ4v) is 5.92. The van der Waals surface area contributed by atoms with Crippen LogP contribution in [0.1, 0.15) is 19.3 Å². The van der Waals surface area contributed by atoms with Gasteiger partial charge >= 0.3 is 12.0 Å². The molecule has 0 bridgehead atoms. The van der Waals surface area contributed by atoms with Gasteiger partial charge in [0.05, 0.1) is 0 Å². The van der Waals surface area contributed by atoms with Gasteiger partial charge in [-0.3, -0.25) is 0 Å². The van der Waals surface area contributed by atoms with Gasteiger partial charge in [0.1, 0.15) is 11.0 Å². The van der Waals surface area contributed by atoms with Gasteiger partial charge < -0.3 is 15.3 Å². The van der Waals surface area contributed by atoms with Crippen LogP contribution < -0.4 is 5.32 Å². The molecule has 6 nitrogen and oxygen atoms in total. The fraction of sp³-hybridized carbons (Fsp3) is 0.421. The quantitative estimate of drug-likeness (QED) is 0.809. The number of likely N-dealkylation sites (tertiary alicyclic amines) is 1. The number of anilines is 1. The van der Waals surface area contributed by atoms with Crippen LogP contribution in [0.25, 0.3) is 10.6 Å². The number of amides is 2. The second kappa shape index (κ2) is 7.52.